The molecule has 3 nitrogen and oxygen atoms in total. The first kappa shape index (κ1) is 14.8. The minimum atomic E-state index is -0.0854. The van der Waals surface area contributed by atoms with Crippen LogP contribution in [0, 0.1) is 0 Å². The van der Waals surface area contributed by atoms with Gasteiger partial charge < -0.3 is 10.6 Å². The molecule has 0 saturated carbocycles. The number of amides is 1. The lowest BCUT2D eigenvalue weighted by molar-refractivity contribution is -0.123. The van der Waals surface area contributed by atoms with Crippen LogP contribution in [-0.2, 0) is 4.79 Å². The molecule has 0 saturated heterocycles. The van der Waals surface area contributed by atoms with Crippen molar-refractivity contribution in [3.8, 4) is 0 Å². The van der Waals surface area contributed by atoms with E-state index in [0.717, 1.165) is 25.1 Å². The van der Waals surface area contributed by atoms with Crippen LogP contribution < -0.4 is 10.6 Å². The number of nitrogens with one attached hydrogen (secondary N) is 2. The quantitative estimate of drug-likeness (QED) is 0.625. The Morgan fingerprint density at radius 2 is 1.93 bits per heavy atom. The maximum Gasteiger partial charge on any atom is 0.237 e. The van der Waals surface area contributed by atoms with Crippen molar-refractivity contribution in [3.63, 3.8) is 0 Å². The fourth-order valence-electron chi connectivity index (χ4n) is 1.29. The molecule has 0 aromatic rings. The van der Waals surface area contributed by atoms with Gasteiger partial charge in [0.05, 0.1) is 6.04 Å². The molecule has 0 heterocycles. The fourth-order valence-corrected chi connectivity index (χ4v) is 1.61. The summed E-state index contributed by atoms with van der Waals surface area (Å²) in [5.41, 5.74) is 0. The Balaban J connectivity index is 3.77. The van der Waals surface area contributed by atoms with Crippen LogP contribution in [0.4, 0.5) is 0 Å². The van der Waals surface area contributed by atoms with E-state index >= 15 is 0 Å². The average Bonchev–Trinajstić information content (AvgIpc) is 2.25. The summed E-state index contributed by atoms with van der Waals surface area (Å²) in [6.45, 7) is 7.00. The summed E-state index contributed by atoms with van der Waals surface area (Å²) in [4.78, 5) is 11.7. The summed E-state index contributed by atoms with van der Waals surface area (Å²) in [5, 5.41) is 6.24. The Morgan fingerprint density at radius 3 is 2.40 bits per heavy atom. The van der Waals surface area contributed by atoms with Crippen molar-refractivity contribution in [2.75, 3.05) is 18.6 Å². The predicted octanol–water partition coefficient (Wildman–Crippen LogP) is 1.63. The molecule has 0 fully saturated rings. The number of rotatable bonds is 8. The normalized spacial score (nSPS) is 12.9. The monoisotopic (exact) mass is 232 g/mol. The summed E-state index contributed by atoms with van der Waals surface area (Å²) in [6, 6.07) is 0.236. The molecule has 1 amide bonds. The van der Waals surface area contributed by atoms with Crippen LogP contribution in [0.5, 0.6) is 0 Å². The van der Waals surface area contributed by atoms with Crippen LogP contribution >= 0.6 is 11.8 Å². The Labute approximate surface area is 97.8 Å². The number of carbonyl (C=O) groups is 1. The smallest absolute Gasteiger partial charge is 0.237 e. The van der Waals surface area contributed by atoms with Gasteiger partial charge in [0.25, 0.3) is 0 Å². The van der Waals surface area contributed by atoms with Crippen molar-refractivity contribution in [2.24, 2.45) is 0 Å². The van der Waals surface area contributed by atoms with Crippen LogP contribution in [0.3, 0.4) is 0 Å². The fraction of sp³-hybridized carbons (Fsp3) is 0.909. The van der Waals surface area contributed by atoms with Crippen LogP contribution in [-0.4, -0.2) is 36.5 Å². The van der Waals surface area contributed by atoms with Gasteiger partial charge in [-0.15, -0.1) is 0 Å². The highest BCUT2D eigenvalue weighted by molar-refractivity contribution is 7.98. The Morgan fingerprint density at radius 1 is 1.33 bits per heavy atom. The molecule has 1 atom stereocenters. The molecule has 0 aliphatic carbocycles. The van der Waals surface area contributed by atoms with Gasteiger partial charge in [-0.05, 0) is 26.0 Å². The zero-order chi connectivity index (χ0) is 11.7. The summed E-state index contributed by atoms with van der Waals surface area (Å²) in [7, 11) is 0. The minimum absolute atomic E-state index is 0.0854. The van der Waals surface area contributed by atoms with E-state index in [1.165, 1.54) is 0 Å². The van der Waals surface area contributed by atoms with E-state index in [0.29, 0.717) is 6.04 Å². The summed E-state index contributed by atoms with van der Waals surface area (Å²) in [6.07, 6.45) is 4.07. The zero-order valence-electron chi connectivity index (χ0n) is 10.3. The second kappa shape index (κ2) is 9.04. The first-order valence-corrected chi connectivity index (χ1v) is 7.07. The van der Waals surface area contributed by atoms with Gasteiger partial charge in [0, 0.05) is 18.3 Å². The lowest BCUT2D eigenvalue weighted by atomic mass is 10.1. The first-order chi connectivity index (χ1) is 7.15. The lowest BCUT2D eigenvalue weighted by Crippen LogP contribution is -2.46. The molecule has 0 aliphatic rings. The number of hydrogen-bond donors (Lipinski definition) is 2. The minimum Gasteiger partial charge on any atom is -0.352 e. The SMILES string of the molecule is CCC(CC)NC(=O)C(C)NCCSC. The van der Waals surface area contributed by atoms with Gasteiger partial charge in [-0.2, -0.15) is 11.8 Å². The molecule has 0 aromatic heterocycles. The van der Waals surface area contributed by atoms with Gasteiger partial charge in [0.2, 0.25) is 5.91 Å². The molecular weight excluding hydrogens is 208 g/mol. The highest BCUT2D eigenvalue weighted by atomic mass is 32.2. The van der Waals surface area contributed by atoms with Crippen molar-refractivity contribution in [1.29, 1.82) is 0 Å². The van der Waals surface area contributed by atoms with Crippen molar-refractivity contribution in [3.05, 3.63) is 0 Å². The summed E-state index contributed by atoms with van der Waals surface area (Å²) in [5.74, 6) is 1.16. The topological polar surface area (TPSA) is 41.1 Å². The Kier molecular flexibility index (Phi) is 8.91. The van der Waals surface area contributed by atoms with Crippen molar-refractivity contribution < 1.29 is 4.79 Å². The average molecular weight is 232 g/mol. The molecule has 4 heteroatoms. The third-order valence-corrected chi connectivity index (χ3v) is 3.09. The van der Waals surface area contributed by atoms with Crippen LogP contribution in [0.25, 0.3) is 0 Å². The maximum atomic E-state index is 11.7. The van der Waals surface area contributed by atoms with Crippen molar-refractivity contribution >= 4 is 17.7 Å². The highest BCUT2D eigenvalue weighted by Gasteiger charge is 2.14. The Bertz CT molecular complexity index is 172. The van der Waals surface area contributed by atoms with E-state index in [4.69, 9.17) is 0 Å². The van der Waals surface area contributed by atoms with Crippen LogP contribution in [0.15, 0.2) is 0 Å². The maximum absolute atomic E-state index is 11.7. The predicted molar refractivity (Wildman–Crippen MR) is 68.4 cm³/mol. The number of carbonyl (C=O) groups excluding carboxylic acids is 1. The third kappa shape index (κ3) is 6.79. The van der Waals surface area contributed by atoms with E-state index < -0.39 is 0 Å². The van der Waals surface area contributed by atoms with Gasteiger partial charge in [0.15, 0.2) is 0 Å². The highest BCUT2D eigenvalue weighted by Crippen LogP contribution is 1.97. The molecule has 90 valence electrons. The third-order valence-electron chi connectivity index (χ3n) is 2.48. The molecule has 0 bridgehead atoms. The summed E-state index contributed by atoms with van der Waals surface area (Å²) >= 11 is 1.78. The van der Waals surface area contributed by atoms with Crippen molar-refractivity contribution in [2.45, 2.75) is 45.7 Å². The number of hydrogen-bond acceptors (Lipinski definition) is 3. The molecule has 0 radical (unpaired) electrons. The number of thioether (sulfide) groups is 1. The first-order valence-electron chi connectivity index (χ1n) is 5.68. The van der Waals surface area contributed by atoms with Crippen LogP contribution in [0.2, 0.25) is 0 Å². The van der Waals surface area contributed by atoms with E-state index in [1.807, 2.05) is 6.92 Å². The van der Waals surface area contributed by atoms with E-state index in [9.17, 15) is 4.79 Å². The molecule has 0 aromatic carbocycles. The molecule has 15 heavy (non-hydrogen) atoms. The molecule has 1 unspecified atom stereocenters. The van der Waals surface area contributed by atoms with E-state index in [2.05, 4.69) is 30.7 Å². The molecule has 2 N–H and O–H groups in total. The lowest BCUT2D eigenvalue weighted by Gasteiger charge is -2.19. The van der Waals surface area contributed by atoms with Gasteiger partial charge in [-0.3, -0.25) is 4.79 Å². The van der Waals surface area contributed by atoms with E-state index in [-0.39, 0.29) is 11.9 Å². The second-order valence-electron chi connectivity index (χ2n) is 3.69. The van der Waals surface area contributed by atoms with Gasteiger partial charge >= 0.3 is 0 Å². The van der Waals surface area contributed by atoms with E-state index in [1.54, 1.807) is 11.8 Å². The standard InChI is InChI=1S/C11H24N2OS/c1-5-10(6-2)13-11(14)9(3)12-7-8-15-4/h9-10,12H,5-8H2,1-4H3,(H,13,14). The van der Waals surface area contributed by atoms with Gasteiger partial charge in [-0.1, -0.05) is 13.8 Å². The molecule has 0 aliphatic heterocycles. The Hall–Kier alpha value is -0.220. The second-order valence-corrected chi connectivity index (χ2v) is 4.68. The van der Waals surface area contributed by atoms with Gasteiger partial charge in [-0.25, -0.2) is 0 Å². The molecular formula is C11H24N2OS. The van der Waals surface area contributed by atoms with Crippen LogP contribution in [0.1, 0.15) is 33.6 Å². The zero-order valence-corrected chi connectivity index (χ0v) is 11.1. The molecule has 0 rings (SSSR count). The van der Waals surface area contributed by atoms with Gasteiger partial charge in [0.1, 0.15) is 0 Å². The molecule has 0 spiro atoms. The largest absolute Gasteiger partial charge is 0.352 e. The summed E-state index contributed by atoms with van der Waals surface area (Å²) < 4.78 is 0. The van der Waals surface area contributed by atoms with Crippen molar-refractivity contribution in [1.82, 2.24) is 10.6 Å².